The van der Waals surface area contributed by atoms with E-state index in [1.165, 1.54) is 11.3 Å². The predicted octanol–water partition coefficient (Wildman–Crippen LogP) is 4.26. The van der Waals surface area contributed by atoms with Crippen LogP contribution in [0.2, 0.25) is 0 Å². The molecule has 3 rings (SSSR count). The van der Waals surface area contributed by atoms with Gasteiger partial charge in [-0.25, -0.2) is 4.98 Å². The number of rotatable bonds is 4. The predicted molar refractivity (Wildman–Crippen MR) is 89.2 cm³/mol. The minimum absolute atomic E-state index is 0.213. The van der Waals surface area contributed by atoms with E-state index in [-0.39, 0.29) is 4.21 Å². The molecule has 0 aliphatic carbocycles. The molecule has 3 aromatic rings. The lowest BCUT2D eigenvalue weighted by Gasteiger charge is -2.05. The van der Waals surface area contributed by atoms with Crippen LogP contribution in [-0.4, -0.2) is 13.4 Å². The Balaban J connectivity index is 1.82. The van der Waals surface area contributed by atoms with Crippen molar-refractivity contribution in [3.05, 3.63) is 52.3 Å². The molecule has 114 valence electrons. The Hall–Kier alpha value is -1.70. The average Bonchev–Trinajstić information content (AvgIpc) is 3.08. The van der Waals surface area contributed by atoms with Crippen molar-refractivity contribution >= 4 is 32.8 Å². The fourth-order valence-electron chi connectivity index (χ4n) is 1.85. The third kappa shape index (κ3) is 3.21. The van der Waals surface area contributed by atoms with Crippen molar-refractivity contribution in [2.24, 2.45) is 0 Å². The largest absolute Gasteiger partial charge is 0.378 e. The molecular weight excluding hydrogens is 338 g/mol. The lowest BCUT2D eigenvalue weighted by atomic mass is 10.2. The van der Waals surface area contributed by atoms with Crippen LogP contribution >= 0.6 is 22.7 Å². The van der Waals surface area contributed by atoms with Crippen LogP contribution in [0, 0.1) is 13.8 Å². The second kappa shape index (κ2) is 5.83. The monoisotopic (exact) mass is 351 g/mol. The van der Waals surface area contributed by atoms with Crippen LogP contribution in [0.15, 0.2) is 46.0 Å². The first-order valence-corrected chi connectivity index (χ1v) is 9.58. The summed E-state index contributed by atoms with van der Waals surface area (Å²) < 4.78 is 29.7. The summed E-state index contributed by atoms with van der Waals surface area (Å²) in [6.45, 7) is 3.79. The molecule has 4 nitrogen and oxygen atoms in total. The fourth-order valence-corrected chi connectivity index (χ4v) is 4.83. The molecule has 7 heteroatoms. The highest BCUT2D eigenvalue weighted by molar-refractivity contribution is 7.89. The summed E-state index contributed by atoms with van der Waals surface area (Å²) in [5, 5.41) is 2.88. The molecule has 22 heavy (non-hydrogen) atoms. The Morgan fingerprint density at radius 3 is 2.32 bits per heavy atom. The number of hydrogen-bond acceptors (Lipinski definition) is 6. The van der Waals surface area contributed by atoms with Crippen molar-refractivity contribution < 1.29 is 12.6 Å². The zero-order chi connectivity index (χ0) is 15.7. The smallest absolute Gasteiger partial charge is 0.348 e. The number of nitrogens with zero attached hydrogens (tertiary/aromatic N) is 1. The van der Waals surface area contributed by atoms with Gasteiger partial charge < -0.3 is 4.18 Å². The summed E-state index contributed by atoms with van der Waals surface area (Å²) in [7, 11) is -3.76. The van der Waals surface area contributed by atoms with Gasteiger partial charge in [-0.3, -0.25) is 0 Å². The maximum atomic E-state index is 12.2. The second-order valence-corrected chi connectivity index (χ2v) is 8.64. The molecule has 1 aromatic carbocycles. The highest BCUT2D eigenvalue weighted by atomic mass is 32.3. The highest BCUT2D eigenvalue weighted by Gasteiger charge is 2.18. The molecule has 0 radical (unpaired) electrons. The van der Waals surface area contributed by atoms with Gasteiger partial charge in [-0.05, 0) is 50.2 Å². The van der Waals surface area contributed by atoms with Gasteiger partial charge >= 0.3 is 10.1 Å². The van der Waals surface area contributed by atoms with Crippen LogP contribution in [-0.2, 0) is 10.1 Å². The number of thiophene rings is 1. The lowest BCUT2D eigenvalue weighted by Crippen LogP contribution is -2.07. The van der Waals surface area contributed by atoms with E-state index in [2.05, 4.69) is 4.98 Å². The Labute approximate surface area is 137 Å². The van der Waals surface area contributed by atoms with Crippen LogP contribution < -0.4 is 4.18 Å². The third-order valence-electron chi connectivity index (χ3n) is 2.89. The van der Waals surface area contributed by atoms with Gasteiger partial charge in [-0.15, -0.1) is 22.7 Å². The van der Waals surface area contributed by atoms with E-state index >= 15 is 0 Å². The number of hydrogen-bond donors (Lipinski definition) is 0. The summed E-state index contributed by atoms with van der Waals surface area (Å²) in [5.41, 5.74) is 1.91. The van der Waals surface area contributed by atoms with Crippen LogP contribution in [0.25, 0.3) is 10.6 Å². The van der Waals surface area contributed by atoms with Crippen molar-refractivity contribution in [3.8, 4) is 16.3 Å². The van der Waals surface area contributed by atoms with Gasteiger partial charge in [0.1, 0.15) is 10.8 Å². The molecule has 0 N–H and O–H groups in total. The van der Waals surface area contributed by atoms with E-state index in [0.717, 1.165) is 21.1 Å². The molecule has 0 saturated heterocycles. The third-order valence-corrected chi connectivity index (χ3v) is 6.60. The molecular formula is C15H13NO3S3. The molecule has 0 amide bonds. The fraction of sp³-hybridized carbons (Fsp3) is 0.133. The SMILES string of the molecule is Cc1csc(-c2ccc(OS(=O)(=O)c3ccc(C)s3)cc2)n1. The topological polar surface area (TPSA) is 56.3 Å². The molecule has 0 atom stereocenters. The Morgan fingerprint density at radius 1 is 1.05 bits per heavy atom. The van der Waals surface area contributed by atoms with E-state index in [1.807, 2.05) is 31.4 Å². The summed E-state index contributed by atoms with van der Waals surface area (Å²) in [4.78, 5) is 5.32. The van der Waals surface area contributed by atoms with Gasteiger partial charge in [0.15, 0.2) is 4.21 Å². The molecule has 0 aliphatic heterocycles. The molecule has 2 aromatic heterocycles. The van der Waals surface area contributed by atoms with Crippen molar-refractivity contribution in [2.75, 3.05) is 0 Å². The standard InChI is InChI=1S/C15H13NO3S3/c1-10-9-20-15(16-10)12-4-6-13(7-5-12)19-22(17,18)14-8-3-11(2)21-14/h3-9H,1-2H3. The molecule has 0 spiro atoms. The van der Waals surface area contributed by atoms with E-state index < -0.39 is 10.1 Å². The molecule has 0 aliphatic rings. The van der Waals surface area contributed by atoms with Gasteiger partial charge in [0, 0.05) is 21.5 Å². The number of benzene rings is 1. The van der Waals surface area contributed by atoms with Gasteiger partial charge in [-0.1, -0.05) is 0 Å². The Bertz CT molecular complexity index is 892. The minimum Gasteiger partial charge on any atom is -0.378 e. The molecule has 2 heterocycles. The van der Waals surface area contributed by atoms with Crippen LogP contribution in [0.4, 0.5) is 0 Å². The van der Waals surface area contributed by atoms with Crippen LogP contribution in [0.1, 0.15) is 10.6 Å². The molecule has 0 bridgehead atoms. The Kier molecular flexibility index (Phi) is 4.03. The quantitative estimate of drug-likeness (QED) is 0.659. The second-order valence-electron chi connectivity index (χ2n) is 4.72. The zero-order valence-electron chi connectivity index (χ0n) is 11.9. The Morgan fingerprint density at radius 2 is 1.77 bits per heavy atom. The van der Waals surface area contributed by atoms with E-state index in [4.69, 9.17) is 4.18 Å². The van der Waals surface area contributed by atoms with Crippen molar-refractivity contribution in [3.63, 3.8) is 0 Å². The summed E-state index contributed by atoms with van der Waals surface area (Å²) in [5.74, 6) is 0.295. The van der Waals surface area contributed by atoms with Gasteiger partial charge in [0.25, 0.3) is 0 Å². The number of aromatic nitrogens is 1. The first-order valence-electron chi connectivity index (χ1n) is 6.47. The first kappa shape index (κ1) is 15.2. The highest BCUT2D eigenvalue weighted by Crippen LogP contribution is 2.28. The van der Waals surface area contributed by atoms with Gasteiger partial charge in [0.05, 0.1) is 0 Å². The maximum absolute atomic E-state index is 12.2. The summed E-state index contributed by atoms with van der Waals surface area (Å²) in [6, 6.07) is 10.2. The molecule has 0 fully saturated rings. The number of thiazole rings is 1. The first-order chi connectivity index (χ1) is 10.4. The number of aryl methyl sites for hydroxylation is 2. The lowest BCUT2D eigenvalue weighted by molar-refractivity contribution is 0.488. The minimum atomic E-state index is -3.76. The van der Waals surface area contributed by atoms with E-state index in [9.17, 15) is 8.42 Å². The zero-order valence-corrected chi connectivity index (χ0v) is 14.4. The van der Waals surface area contributed by atoms with Crippen LogP contribution in [0.3, 0.4) is 0 Å². The van der Waals surface area contributed by atoms with Crippen LogP contribution in [0.5, 0.6) is 5.75 Å². The average molecular weight is 351 g/mol. The molecule has 0 unspecified atom stereocenters. The van der Waals surface area contributed by atoms with E-state index in [1.54, 1.807) is 35.6 Å². The summed E-state index contributed by atoms with van der Waals surface area (Å²) in [6.07, 6.45) is 0. The van der Waals surface area contributed by atoms with Gasteiger partial charge in [-0.2, -0.15) is 8.42 Å². The van der Waals surface area contributed by atoms with Crippen molar-refractivity contribution in [1.29, 1.82) is 0 Å². The van der Waals surface area contributed by atoms with Crippen molar-refractivity contribution in [1.82, 2.24) is 4.98 Å². The molecule has 0 saturated carbocycles. The normalized spacial score (nSPS) is 11.5. The van der Waals surface area contributed by atoms with E-state index in [0.29, 0.717) is 5.75 Å². The van der Waals surface area contributed by atoms with Crippen molar-refractivity contribution in [2.45, 2.75) is 18.1 Å². The van der Waals surface area contributed by atoms with Gasteiger partial charge in [0.2, 0.25) is 0 Å². The maximum Gasteiger partial charge on any atom is 0.348 e. The summed E-state index contributed by atoms with van der Waals surface area (Å²) >= 11 is 2.75.